The minimum Gasteiger partial charge on any atom is -0.340 e. The second-order valence-electron chi connectivity index (χ2n) is 5.78. The normalized spacial score (nSPS) is 18.0. The number of hydrogen-bond acceptors (Lipinski definition) is 2. The number of carbonyl (C=O) groups excluding carboxylic acids is 1. The molecule has 1 aromatic heterocycles. The van der Waals surface area contributed by atoms with Gasteiger partial charge >= 0.3 is 0 Å². The second kappa shape index (κ2) is 6.26. The summed E-state index contributed by atoms with van der Waals surface area (Å²) in [6.07, 6.45) is 1.00. The van der Waals surface area contributed by atoms with Gasteiger partial charge in [-0.1, -0.05) is 34.1 Å². The van der Waals surface area contributed by atoms with Crippen LogP contribution in [0.15, 0.2) is 40.9 Å². The lowest BCUT2D eigenvalue weighted by molar-refractivity contribution is 0.0778. The highest BCUT2D eigenvalue weighted by Gasteiger charge is 2.27. The van der Waals surface area contributed by atoms with E-state index in [9.17, 15) is 4.79 Å². The average Bonchev–Trinajstić information content (AvgIpc) is 3.14. The van der Waals surface area contributed by atoms with Gasteiger partial charge in [-0.2, -0.15) is 0 Å². The van der Waals surface area contributed by atoms with E-state index in [1.165, 1.54) is 0 Å². The smallest absolute Gasteiger partial charge is 0.270 e. The maximum absolute atomic E-state index is 12.7. The molecule has 0 unspecified atom stereocenters. The summed E-state index contributed by atoms with van der Waals surface area (Å²) in [6.45, 7) is 2.22. The molecule has 1 fully saturated rings. The first-order valence-electron chi connectivity index (χ1n) is 7.51. The molecule has 0 radical (unpaired) electrons. The van der Waals surface area contributed by atoms with Crippen LogP contribution in [0, 0.1) is 5.92 Å². The second-order valence-corrected chi connectivity index (χ2v) is 6.64. The number of halogens is 1. The fraction of sp³-hybridized carbons (Fsp3) is 0.353. The van der Waals surface area contributed by atoms with E-state index in [1.54, 1.807) is 0 Å². The van der Waals surface area contributed by atoms with Crippen molar-refractivity contribution in [3.8, 4) is 11.3 Å². The Morgan fingerprint density at radius 3 is 2.77 bits per heavy atom. The van der Waals surface area contributed by atoms with Gasteiger partial charge < -0.3 is 15.2 Å². The average molecular weight is 362 g/mol. The van der Waals surface area contributed by atoms with Crippen molar-refractivity contribution in [1.29, 1.82) is 0 Å². The molecule has 116 valence electrons. The van der Waals surface area contributed by atoms with Crippen molar-refractivity contribution in [3.05, 3.63) is 46.6 Å². The topological polar surface area (TPSA) is 51.3 Å². The van der Waals surface area contributed by atoms with Crippen molar-refractivity contribution >= 4 is 21.8 Å². The number of carbonyl (C=O) groups is 1. The first-order chi connectivity index (χ1) is 10.6. The molecule has 0 aliphatic carbocycles. The third-order valence-corrected chi connectivity index (χ3v) is 5.09. The summed E-state index contributed by atoms with van der Waals surface area (Å²) >= 11 is 3.57. The van der Waals surface area contributed by atoms with Crippen LogP contribution in [0.2, 0.25) is 0 Å². The highest BCUT2D eigenvalue weighted by Crippen LogP contribution is 2.29. The van der Waals surface area contributed by atoms with Gasteiger partial charge in [-0.05, 0) is 37.1 Å². The van der Waals surface area contributed by atoms with Gasteiger partial charge in [0.1, 0.15) is 5.69 Å². The summed E-state index contributed by atoms with van der Waals surface area (Å²) in [4.78, 5) is 14.6. The van der Waals surface area contributed by atoms with Crippen LogP contribution in [-0.2, 0) is 7.05 Å². The molecule has 1 amide bonds. The molecular formula is C17H20BrN3O. The zero-order valence-electron chi connectivity index (χ0n) is 12.6. The van der Waals surface area contributed by atoms with E-state index in [1.807, 2.05) is 52.9 Å². The zero-order chi connectivity index (χ0) is 15.7. The molecule has 0 saturated carbocycles. The maximum Gasteiger partial charge on any atom is 0.270 e. The first-order valence-corrected chi connectivity index (χ1v) is 8.31. The number of amides is 1. The molecule has 22 heavy (non-hydrogen) atoms. The van der Waals surface area contributed by atoms with E-state index >= 15 is 0 Å². The predicted molar refractivity (Wildman–Crippen MR) is 91.6 cm³/mol. The van der Waals surface area contributed by atoms with Crippen LogP contribution in [0.5, 0.6) is 0 Å². The molecule has 0 bridgehead atoms. The molecule has 1 aliphatic heterocycles. The molecule has 3 rings (SSSR count). The zero-order valence-corrected chi connectivity index (χ0v) is 14.2. The standard InChI is InChI=1S/C17H20BrN3O/c1-20-15(13-4-2-3-5-14(13)18)6-7-16(20)17(22)21-9-8-12(10-19)11-21/h2-7,12H,8-11,19H2,1H3/t12-/m1/s1. The van der Waals surface area contributed by atoms with E-state index < -0.39 is 0 Å². The van der Waals surface area contributed by atoms with Crippen LogP contribution in [-0.4, -0.2) is 35.0 Å². The molecular weight excluding hydrogens is 342 g/mol. The Morgan fingerprint density at radius 1 is 1.32 bits per heavy atom. The molecule has 1 atom stereocenters. The molecule has 1 saturated heterocycles. The van der Waals surface area contributed by atoms with Crippen molar-refractivity contribution in [3.63, 3.8) is 0 Å². The SMILES string of the molecule is Cn1c(C(=O)N2CC[C@H](CN)C2)ccc1-c1ccccc1Br. The van der Waals surface area contributed by atoms with Gasteiger partial charge in [0.05, 0.1) is 0 Å². The Balaban J connectivity index is 1.88. The predicted octanol–water partition coefficient (Wildman–Crippen LogP) is 2.88. The molecule has 0 spiro atoms. The molecule has 2 aromatic rings. The third kappa shape index (κ3) is 2.71. The van der Waals surface area contributed by atoms with Crippen molar-refractivity contribution < 1.29 is 4.79 Å². The Hall–Kier alpha value is -1.59. The largest absolute Gasteiger partial charge is 0.340 e. The summed E-state index contributed by atoms with van der Waals surface area (Å²) in [5.41, 5.74) is 8.56. The van der Waals surface area contributed by atoms with Gasteiger partial charge in [0, 0.05) is 35.9 Å². The Morgan fingerprint density at radius 2 is 2.09 bits per heavy atom. The number of nitrogens with two attached hydrogens (primary N) is 1. The number of benzene rings is 1. The Kier molecular flexibility index (Phi) is 4.36. The van der Waals surface area contributed by atoms with Crippen LogP contribution in [0.1, 0.15) is 16.9 Å². The quantitative estimate of drug-likeness (QED) is 0.913. The van der Waals surface area contributed by atoms with Crippen LogP contribution >= 0.6 is 15.9 Å². The van der Waals surface area contributed by atoms with Crippen LogP contribution < -0.4 is 5.73 Å². The van der Waals surface area contributed by atoms with Crippen molar-refractivity contribution in [2.75, 3.05) is 19.6 Å². The highest BCUT2D eigenvalue weighted by atomic mass is 79.9. The number of nitrogens with zero attached hydrogens (tertiary/aromatic N) is 2. The number of aromatic nitrogens is 1. The summed E-state index contributed by atoms with van der Waals surface area (Å²) in [7, 11) is 1.94. The van der Waals surface area contributed by atoms with E-state index in [0.29, 0.717) is 12.5 Å². The van der Waals surface area contributed by atoms with Gasteiger partial charge in [-0.25, -0.2) is 0 Å². The minimum absolute atomic E-state index is 0.0942. The van der Waals surface area contributed by atoms with Gasteiger partial charge in [0.15, 0.2) is 0 Å². The third-order valence-electron chi connectivity index (χ3n) is 4.40. The number of hydrogen-bond donors (Lipinski definition) is 1. The lowest BCUT2D eigenvalue weighted by Gasteiger charge is -2.17. The summed E-state index contributed by atoms with van der Waals surface area (Å²) in [5.74, 6) is 0.531. The van der Waals surface area contributed by atoms with Gasteiger partial charge in [-0.15, -0.1) is 0 Å². The fourth-order valence-corrected chi connectivity index (χ4v) is 3.52. The van der Waals surface area contributed by atoms with E-state index in [2.05, 4.69) is 15.9 Å². The van der Waals surface area contributed by atoms with Gasteiger partial charge in [-0.3, -0.25) is 4.79 Å². The fourth-order valence-electron chi connectivity index (χ4n) is 3.04. The lowest BCUT2D eigenvalue weighted by atomic mass is 10.1. The molecule has 2 N–H and O–H groups in total. The Labute approximate surface area is 139 Å². The van der Waals surface area contributed by atoms with E-state index in [-0.39, 0.29) is 5.91 Å². The van der Waals surface area contributed by atoms with Crippen LogP contribution in [0.3, 0.4) is 0 Å². The lowest BCUT2D eigenvalue weighted by Crippen LogP contribution is -2.31. The summed E-state index contributed by atoms with van der Waals surface area (Å²) < 4.78 is 3.00. The molecule has 2 heterocycles. The Bertz CT molecular complexity index is 695. The van der Waals surface area contributed by atoms with E-state index in [0.717, 1.165) is 40.9 Å². The number of rotatable bonds is 3. The first kappa shape index (κ1) is 15.3. The molecule has 1 aliphatic rings. The highest BCUT2D eigenvalue weighted by molar-refractivity contribution is 9.10. The summed E-state index contributed by atoms with van der Waals surface area (Å²) in [5, 5.41) is 0. The summed E-state index contributed by atoms with van der Waals surface area (Å²) in [6, 6.07) is 12.0. The molecule has 5 heteroatoms. The van der Waals surface area contributed by atoms with Crippen molar-refractivity contribution in [2.24, 2.45) is 18.7 Å². The van der Waals surface area contributed by atoms with Crippen LogP contribution in [0.4, 0.5) is 0 Å². The maximum atomic E-state index is 12.7. The van der Waals surface area contributed by atoms with E-state index in [4.69, 9.17) is 5.73 Å². The van der Waals surface area contributed by atoms with Crippen molar-refractivity contribution in [2.45, 2.75) is 6.42 Å². The molecule has 1 aromatic carbocycles. The monoisotopic (exact) mass is 361 g/mol. The van der Waals surface area contributed by atoms with Crippen LogP contribution in [0.25, 0.3) is 11.3 Å². The number of likely N-dealkylation sites (tertiary alicyclic amines) is 1. The van der Waals surface area contributed by atoms with Crippen molar-refractivity contribution in [1.82, 2.24) is 9.47 Å². The molecule has 4 nitrogen and oxygen atoms in total. The van der Waals surface area contributed by atoms with Gasteiger partial charge in [0.25, 0.3) is 5.91 Å². The minimum atomic E-state index is 0.0942. The van der Waals surface area contributed by atoms with Gasteiger partial charge in [0.2, 0.25) is 0 Å².